The molecule has 272 valence electrons. The van der Waals surface area contributed by atoms with Gasteiger partial charge in [-0.2, -0.15) is 0 Å². The minimum atomic E-state index is -0.0732. The minimum absolute atomic E-state index is 0.0732. The van der Waals surface area contributed by atoms with Crippen molar-refractivity contribution >= 4 is 21.5 Å². The van der Waals surface area contributed by atoms with Crippen molar-refractivity contribution < 1.29 is 0 Å². The van der Waals surface area contributed by atoms with Crippen molar-refractivity contribution in [3.8, 4) is 55.6 Å². The van der Waals surface area contributed by atoms with E-state index in [1.807, 2.05) is 0 Å². The molecule has 11 rings (SSSR count). The van der Waals surface area contributed by atoms with Gasteiger partial charge in [0.2, 0.25) is 0 Å². The predicted octanol–water partition coefficient (Wildman–Crippen LogP) is 15.5. The molecule has 0 aliphatic heterocycles. The van der Waals surface area contributed by atoms with Gasteiger partial charge in [0.15, 0.2) is 0 Å². The van der Waals surface area contributed by atoms with E-state index in [2.05, 4.69) is 185 Å². The van der Waals surface area contributed by atoms with Gasteiger partial charge in [-0.25, -0.2) is 0 Å². The van der Waals surface area contributed by atoms with Crippen LogP contribution in [0.4, 0.5) is 0 Å². The van der Waals surface area contributed by atoms with Crippen LogP contribution in [0.15, 0.2) is 158 Å². The van der Waals surface area contributed by atoms with Crippen LogP contribution in [0.1, 0.15) is 81.5 Å². The molecule has 0 bridgehead atoms. The predicted molar refractivity (Wildman–Crippen MR) is 238 cm³/mol. The van der Waals surface area contributed by atoms with Crippen molar-refractivity contribution in [2.45, 2.75) is 70.1 Å². The maximum atomic E-state index is 2.61. The Morgan fingerprint density at radius 1 is 0.393 bits per heavy atom. The van der Waals surface area contributed by atoms with Crippen LogP contribution < -0.4 is 0 Å². The van der Waals surface area contributed by atoms with E-state index in [0.717, 1.165) is 5.92 Å². The Morgan fingerprint density at radius 2 is 0.946 bits per heavy atom. The summed E-state index contributed by atoms with van der Waals surface area (Å²) in [4.78, 5) is 0. The summed E-state index contributed by atoms with van der Waals surface area (Å²) < 4.78 is 0. The summed E-state index contributed by atoms with van der Waals surface area (Å²) in [6.45, 7) is 9.83. The van der Waals surface area contributed by atoms with Gasteiger partial charge in [-0.1, -0.05) is 186 Å². The second kappa shape index (κ2) is 12.4. The molecule has 56 heavy (non-hydrogen) atoms. The molecular weight excluding hydrogens is 673 g/mol. The SMILES string of the molecule is CC1(C)c2ccccc2-c2ccc(-c3c4ccccc4c(-c4ccc5c(c4)C(C)(C)C4CCCCC54)c4cc(-c5ccccc5-c5ccccc5)ccc34)cc21. The molecule has 3 aliphatic rings. The van der Waals surface area contributed by atoms with E-state index < -0.39 is 0 Å². The van der Waals surface area contributed by atoms with E-state index in [1.54, 1.807) is 11.1 Å². The van der Waals surface area contributed by atoms with E-state index in [9.17, 15) is 0 Å². The molecule has 2 unspecified atom stereocenters. The first-order chi connectivity index (χ1) is 27.3. The second-order valence-electron chi connectivity index (χ2n) is 17.9. The van der Waals surface area contributed by atoms with Crippen molar-refractivity contribution in [2.24, 2.45) is 5.92 Å². The zero-order valence-electron chi connectivity index (χ0n) is 33.0. The first kappa shape index (κ1) is 33.6. The van der Waals surface area contributed by atoms with Gasteiger partial charge < -0.3 is 0 Å². The highest BCUT2D eigenvalue weighted by molar-refractivity contribution is 6.22. The first-order valence-corrected chi connectivity index (χ1v) is 20.8. The van der Waals surface area contributed by atoms with Crippen LogP contribution in [0.25, 0.3) is 77.2 Å². The zero-order valence-corrected chi connectivity index (χ0v) is 33.0. The first-order valence-electron chi connectivity index (χ1n) is 20.8. The highest BCUT2D eigenvalue weighted by Crippen LogP contribution is 2.58. The van der Waals surface area contributed by atoms with Gasteiger partial charge in [0, 0.05) is 5.41 Å². The Kier molecular flexibility index (Phi) is 7.44. The topological polar surface area (TPSA) is 0 Å². The monoisotopic (exact) mass is 720 g/mol. The highest BCUT2D eigenvalue weighted by atomic mass is 14.5. The Bertz CT molecular complexity index is 2870. The van der Waals surface area contributed by atoms with Crippen molar-refractivity contribution in [2.75, 3.05) is 0 Å². The summed E-state index contributed by atoms with van der Waals surface area (Å²) in [5.41, 5.74) is 19.1. The number of hydrogen-bond acceptors (Lipinski definition) is 0. The molecule has 0 amide bonds. The molecule has 0 nitrogen and oxygen atoms in total. The maximum Gasteiger partial charge on any atom is 0.0159 e. The van der Waals surface area contributed by atoms with E-state index in [1.165, 1.54) is 114 Å². The fourth-order valence-electron chi connectivity index (χ4n) is 11.6. The lowest BCUT2D eigenvalue weighted by atomic mass is 9.69. The second-order valence-corrected chi connectivity index (χ2v) is 17.9. The fourth-order valence-corrected chi connectivity index (χ4v) is 11.6. The molecule has 3 aliphatic carbocycles. The Labute approximate surface area is 331 Å². The smallest absolute Gasteiger partial charge is 0.0159 e. The van der Waals surface area contributed by atoms with Crippen LogP contribution in [-0.2, 0) is 10.8 Å². The quantitative estimate of drug-likeness (QED) is 0.159. The minimum Gasteiger partial charge on any atom is -0.0622 e. The van der Waals surface area contributed by atoms with Crippen LogP contribution in [0.3, 0.4) is 0 Å². The molecule has 1 saturated carbocycles. The average Bonchev–Trinajstić information content (AvgIpc) is 3.61. The number of hydrogen-bond donors (Lipinski definition) is 0. The van der Waals surface area contributed by atoms with Crippen molar-refractivity contribution in [1.29, 1.82) is 0 Å². The van der Waals surface area contributed by atoms with Gasteiger partial charge in [-0.05, 0) is 142 Å². The van der Waals surface area contributed by atoms with Gasteiger partial charge in [-0.3, -0.25) is 0 Å². The van der Waals surface area contributed by atoms with Crippen LogP contribution >= 0.6 is 0 Å². The molecule has 1 fully saturated rings. The molecule has 0 heterocycles. The summed E-state index contributed by atoms with van der Waals surface area (Å²) in [6.07, 6.45) is 5.39. The molecule has 0 aromatic heterocycles. The summed E-state index contributed by atoms with van der Waals surface area (Å²) in [5, 5.41) is 5.26. The number of rotatable bonds is 4. The van der Waals surface area contributed by atoms with Crippen LogP contribution in [0, 0.1) is 5.92 Å². The average molecular weight is 721 g/mol. The van der Waals surface area contributed by atoms with E-state index in [4.69, 9.17) is 0 Å². The standard InChI is InChI=1S/C56H48/c1-55(2)49-24-14-12-20-41(49)43-29-27-37(33-51(43)55)53-45-22-10-11-23-46(45)54(38-28-30-44-42-21-13-15-25-50(42)56(3,4)52(44)34-38)48-32-36(26-31-47(48)53)40-19-9-8-18-39(40)35-16-6-5-7-17-35/h5-12,14,16-20,22-24,26-34,42,50H,13,15,21,25H2,1-4H3. The van der Waals surface area contributed by atoms with E-state index in [0.29, 0.717) is 5.92 Å². The Morgan fingerprint density at radius 3 is 1.71 bits per heavy atom. The molecule has 2 atom stereocenters. The van der Waals surface area contributed by atoms with E-state index >= 15 is 0 Å². The Balaban J connectivity index is 1.20. The molecule has 0 N–H and O–H groups in total. The zero-order chi connectivity index (χ0) is 37.8. The maximum absolute atomic E-state index is 2.61. The van der Waals surface area contributed by atoms with Crippen molar-refractivity contribution in [1.82, 2.24) is 0 Å². The molecular formula is C56H48. The number of fused-ring (bicyclic) bond motifs is 8. The Hall–Kier alpha value is -5.72. The molecule has 8 aromatic carbocycles. The highest BCUT2D eigenvalue weighted by Gasteiger charge is 2.47. The van der Waals surface area contributed by atoms with E-state index in [-0.39, 0.29) is 10.8 Å². The summed E-state index contributed by atoms with van der Waals surface area (Å²) in [5.74, 6) is 1.42. The third kappa shape index (κ3) is 4.84. The lowest BCUT2D eigenvalue weighted by Crippen LogP contribution is -2.28. The lowest BCUT2D eigenvalue weighted by molar-refractivity contribution is 0.233. The molecule has 0 radical (unpaired) electrons. The summed E-state index contributed by atoms with van der Waals surface area (Å²) >= 11 is 0. The third-order valence-corrected chi connectivity index (χ3v) is 14.3. The van der Waals surface area contributed by atoms with Crippen LogP contribution in [0.5, 0.6) is 0 Å². The molecule has 0 spiro atoms. The van der Waals surface area contributed by atoms with Gasteiger partial charge in [-0.15, -0.1) is 0 Å². The fraction of sp³-hybridized carbons (Fsp3) is 0.214. The lowest BCUT2D eigenvalue weighted by Gasteiger charge is -2.34. The molecule has 8 aromatic rings. The molecule has 0 saturated heterocycles. The van der Waals surface area contributed by atoms with Gasteiger partial charge in [0.25, 0.3) is 0 Å². The van der Waals surface area contributed by atoms with Gasteiger partial charge >= 0.3 is 0 Å². The van der Waals surface area contributed by atoms with Crippen molar-refractivity contribution in [3.05, 3.63) is 180 Å². The van der Waals surface area contributed by atoms with Gasteiger partial charge in [0.1, 0.15) is 0 Å². The number of benzene rings is 8. The molecule has 0 heteroatoms. The third-order valence-electron chi connectivity index (χ3n) is 14.3. The van der Waals surface area contributed by atoms with Crippen LogP contribution in [0.2, 0.25) is 0 Å². The van der Waals surface area contributed by atoms with Gasteiger partial charge in [0.05, 0.1) is 0 Å². The summed E-state index contributed by atoms with van der Waals surface area (Å²) in [7, 11) is 0. The largest absolute Gasteiger partial charge is 0.0622 e. The van der Waals surface area contributed by atoms with Crippen molar-refractivity contribution in [3.63, 3.8) is 0 Å². The van der Waals surface area contributed by atoms with Crippen LogP contribution in [-0.4, -0.2) is 0 Å². The summed E-state index contributed by atoms with van der Waals surface area (Å²) in [6, 6.07) is 60.1. The normalized spacial score (nSPS) is 18.7.